The van der Waals surface area contributed by atoms with Crippen molar-refractivity contribution in [3.63, 3.8) is 0 Å². The number of rotatable bonds is 6. The SMILES string of the molecule is C=CCN(CC(=O)O)C(=O)Nc1cn(C)nc1CC. The molecule has 0 saturated carbocycles. The van der Waals surface area contributed by atoms with Crippen molar-refractivity contribution in [2.75, 3.05) is 18.4 Å². The van der Waals surface area contributed by atoms with E-state index in [2.05, 4.69) is 17.0 Å². The fourth-order valence-electron chi connectivity index (χ4n) is 1.63. The summed E-state index contributed by atoms with van der Waals surface area (Å²) in [5.74, 6) is -1.07. The third-order valence-corrected chi connectivity index (χ3v) is 2.44. The second-order valence-electron chi connectivity index (χ2n) is 4.01. The number of anilines is 1. The molecule has 0 saturated heterocycles. The molecule has 1 aromatic rings. The minimum absolute atomic E-state index is 0.167. The van der Waals surface area contributed by atoms with Gasteiger partial charge in [-0.05, 0) is 6.42 Å². The standard InChI is InChI=1S/C12H18N4O3/c1-4-6-16(8-11(17)18)12(19)13-10-7-15(3)14-9(10)5-2/h4,7H,1,5-6,8H2,2-3H3,(H,13,19)(H,17,18). The lowest BCUT2D eigenvalue weighted by molar-refractivity contribution is -0.137. The van der Waals surface area contributed by atoms with Crippen LogP contribution in [0.25, 0.3) is 0 Å². The Morgan fingerprint density at radius 2 is 2.32 bits per heavy atom. The summed E-state index contributed by atoms with van der Waals surface area (Å²) >= 11 is 0. The number of nitrogens with zero attached hydrogens (tertiary/aromatic N) is 3. The molecule has 0 aliphatic heterocycles. The number of amides is 2. The molecule has 0 radical (unpaired) electrons. The Balaban J connectivity index is 2.80. The number of hydrogen-bond acceptors (Lipinski definition) is 3. The Bertz CT molecular complexity index is 481. The molecular formula is C12H18N4O3. The van der Waals surface area contributed by atoms with Gasteiger partial charge in [-0.3, -0.25) is 9.48 Å². The van der Waals surface area contributed by atoms with Crippen molar-refractivity contribution in [2.24, 2.45) is 7.05 Å². The van der Waals surface area contributed by atoms with E-state index in [0.29, 0.717) is 12.1 Å². The lowest BCUT2D eigenvalue weighted by Crippen LogP contribution is -2.38. The van der Waals surface area contributed by atoms with Crippen molar-refractivity contribution in [1.82, 2.24) is 14.7 Å². The molecule has 0 aliphatic carbocycles. The third kappa shape index (κ3) is 4.13. The molecule has 19 heavy (non-hydrogen) atoms. The van der Waals surface area contributed by atoms with Crippen LogP contribution >= 0.6 is 0 Å². The number of carboxylic acid groups (broad SMARTS) is 1. The van der Waals surface area contributed by atoms with E-state index in [4.69, 9.17) is 5.11 Å². The average molecular weight is 266 g/mol. The van der Waals surface area contributed by atoms with Gasteiger partial charge in [0.1, 0.15) is 6.54 Å². The molecule has 0 aromatic carbocycles. The van der Waals surface area contributed by atoms with Crippen LogP contribution in [0.4, 0.5) is 10.5 Å². The van der Waals surface area contributed by atoms with Crippen LogP contribution in [0, 0.1) is 0 Å². The highest BCUT2D eigenvalue weighted by Gasteiger charge is 2.17. The van der Waals surface area contributed by atoms with E-state index in [0.717, 1.165) is 10.6 Å². The van der Waals surface area contributed by atoms with Crippen molar-refractivity contribution in [1.29, 1.82) is 0 Å². The lowest BCUT2D eigenvalue weighted by Gasteiger charge is -2.19. The number of carbonyl (C=O) groups excluding carboxylic acids is 1. The van der Waals surface area contributed by atoms with E-state index < -0.39 is 12.0 Å². The Morgan fingerprint density at radius 1 is 1.63 bits per heavy atom. The van der Waals surface area contributed by atoms with E-state index in [1.54, 1.807) is 17.9 Å². The van der Waals surface area contributed by atoms with Crippen molar-refractivity contribution in [3.8, 4) is 0 Å². The van der Waals surface area contributed by atoms with Gasteiger partial charge in [-0.15, -0.1) is 6.58 Å². The number of aliphatic carboxylic acids is 1. The Kier molecular flexibility index (Phi) is 5.11. The van der Waals surface area contributed by atoms with E-state index in [9.17, 15) is 9.59 Å². The number of urea groups is 1. The monoisotopic (exact) mass is 266 g/mol. The van der Waals surface area contributed by atoms with Crippen LogP contribution in [-0.4, -0.2) is 44.9 Å². The van der Waals surface area contributed by atoms with Gasteiger partial charge in [-0.2, -0.15) is 5.10 Å². The van der Waals surface area contributed by atoms with Crippen LogP contribution in [0.15, 0.2) is 18.9 Å². The maximum absolute atomic E-state index is 12.0. The van der Waals surface area contributed by atoms with Gasteiger partial charge in [0, 0.05) is 19.8 Å². The molecule has 7 heteroatoms. The molecule has 0 atom stereocenters. The molecular weight excluding hydrogens is 248 g/mol. The number of carbonyl (C=O) groups is 2. The molecule has 0 fully saturated rings. The third-order valence-electron chi connectivity index (χ3n) is 2.44. The Labute approximate surface area is 111 Å². The number of carboxylic acids is 1. The van der Waals surface area contributed by atoms with Gasteiger partial charge in [0.25, 0.3) is 0 Å². The van der Waals surface area contributed by atoms with Crippen molar-refractivity contribution >= 4 is 17.7 Å². The fourth-order valence-corrected chi connectivity index (χ4v) is 1.63. The normalized spacial score (nSPS) is 10.0. The van der Waals surface area contributed by atoms with Gasteiger partial charge < -0.3 is 15.3 Å². The fraction of sp³-hybridized carbons (Fsp3) is 0.417. The number of aromatic nitrogens is 2. The first-order chi connectivity index (χ1) is 8.97. The summed E-state index contributed by atoms with van der Waals surface area (Å²) in [4.78, 5) is 23.8. The summed E-state index contributed by atoms with van der Waals surface area (Å²) in [5.41, 5.74) is 1.35. The van der Waals surface area contributed by atoms with E-state index in [1.165, 1.54) is 6.08 Å². The topological polar surface area (TPSA) is 87.5 Å². The summed E-state index contributed by atoms with van der Waals surface area (Å²) in [7, 11) is 1.76. The molecule has 1 heterocycles. The highest BCUT2D eigenvalue weighted by atomic mass is 16.4. The molecule has 1 rings (SSSR count). The van der Waals surface area contributed by atoms with Gasteiger partial charge in [0.15, 0.2) is 0 Å². The van der Waals surface area contributed by atoms with E-state index >= 15 is 0 Å². The molecule has 104 valence electrons. The van der Waals surface area contributed by atoms with Gasteiger partial charge in [-0.25, -0.2) is 4.79 Å². The number of hydrogen-bond donors (Lipinski definition) is 2. The maximum Gasteiger partial charge on any atom is 0.323 e. The Hall–Kier alpha value is -2.31. The van der Waals surface area contributed by atoms with Crippen LogP contribution in [0.1, 0.15) is 12.6 Å². The molecule has 0 aliphatic rings. The van der Waals surface area contributed by atoms with Crippen molar-refractivity contribution in [2.45, 2.75) is 13.3 Å². The first-order valence-electron chi connectivity index (χ1n) is 5.89. The highest BCUT2D eigenvalue weighted by Crippen LogP contribution is 2.14. The zero-order valence-corrected chi connectivity index (χ0v) is 11.1. The zero-order chi connectivity index (χ0) is 14.4. The lowest BCUT2D eigenvalue weighted by atomic mass is 10.3. The van der Waals surface area contributed by atoms with Gasteiger partial charge >= 0.3 is 12.0 Å². The second kappa shape index (κ2) is 6.58. The quantitative estimate of drug-likeness (QED) is 0.754. The number of nitrogens with one attached hydrogen (secondary N) is 1. The molecule has 0 unspecified atom stereocenters. The molecule has 7 nitrogen and oxygen atoms in total. The molecule has 0 bridgehead atoms. The average Bonchev–Trinajstić information content (AvgIpc) is 2.68. The molecule has 1 aromatic heterocycles. The largest absolute Gasteiger partial charge is 0.480 e. The van der Waals surface area contributed by atoms with E-state index in [-0.39, 0.29) is 13.1 Å². The van der Waals surface area contributed by atoms with Gasteiger partial charge in [0.2, 0.25) is 0 Å². The summed E-state index contributed by atoms with van der Waals surface area (Å²) in [6.07, 6.45) is 3.84. The first-order valence-corrected chi connectivity index (χ1v) is 5.89. The van der Waals surface area contributed by atoms with Crippen LogP contribution in [0.3, 0.4) is 0 Å². The molecule has 2 amide bonds. The molecule has 0 spiro atoms. The minimum atomic E-state index is -1.07. The smallest absolute Gasteiger partial charge is 0.323 e. The van der Waals surface area contributed by atoms with Gasteiger partial charge in [0.05, 0.1) is 11.4 Å². The van der Waals surface area contributed by atoms with Crippen LogP contribution in [-0.2, 0) is 18.3 Å². The Morgan fingerprint density at radius 3 is 2.84 bits per heavy atom. The zero-order valence-electron chi connectivity index (χ0n) is 11.1. The first kappa shape index (κ1) is 14.7. The van der Waals surface area contributed by atoms with Crippen molar-refractivity contribution < 1.29 is 14.7 Å². The van der Waals surface area contributed by atoms with Crippen LogP contribution in [0.5, 0.6) is 0 Å². The molecule has 2 N–H and O–H groups in total. The highest BCUT2D eigenvalue weighted by molar-refractivity contribution is 5.91. The maximum atomic E-state index is 12.0. The second-order valence-corrected chi connectivity index (χ2v) is 4.01. The number of aryl methyl sites for hydroxylation is 2. The predicted molar refractivity (Wildman–Crippen MR) is 71.0 cm³/mol. The van der Waals surface area contributed by atoms with Crippen LogP contribution in [0.2, 0.25) is 0 Å². The predicted octanol–water partition coefficient (Wildman–Crippen LogP) is 1.09. The summed E-state index contributed by atoms with van der Waals surface area (Å²) in [6.45, 7) is 5.22. The summed E-state index contributed by atoms with van der Waals surface area (Å²) in [5, 5.41) is 15.6. The van der Waals surface area contributed by atoms with Crippen molar-refractivity contribution in [3.05, 3.63) is 24.5 Å². The van der Waals surface area contributed by atoms with E-state index in [1.807, 2.05) is 6.92 Å². The summed E-state index contributed by atoms with van der Waals surface area (Å²) in [6, 6.07) is -0.481. The van der Waals surface area contributed by atoms with Crippen LogP contribution < -0.4 is 5.32 Å². The minimum Gasteiger partial charge on any atom is -0.480 e. The summed E-state index contributed by atoms with van der Waals surface area (Å²) < 4.78 is 1.60. The van der Waals surface area contributed by atoms with Gasteiger partial charge in [-0.1, -0.05) is 13.0 Å².